The fraction of sp³-hybridized carbons (Fsp3) is 0.800. The van der Waals surface area contributed by atoms with Gasteiger partial charge in [-0.3, -0.25) is 4.79 Å². The van der Waals surface area contributed by atoms with Crippen molar-refractivity contribution in [2.75, 3.05) is 19.6 Å². The first-order chi connectivity index (χ1) is 8.78. The van der Waals surface area contributed by atoms with Crippen LogP contribution in [-0.2, 0) is 4.79 Å². The molecule has 3 aliphatic rings. The molecule has 1 N–H and O–H groups in total. The molecule has 18 heavy (non-hydrogen) atoms. The summed E-state index contributed by atoms with van der Waals surface area (Å²) in [6.07, 6.45) is 9.37. The van der Waals surface area contributed by atoms with Gasteiger partial charge in [0.1, 0.15) is 0 Å². The number of nitrogens with one attached hydrogen (secondary N) is 1. The highest BCUT2D eigenvalue weighted by Crippen LogP contribution is 2.44. The van der Waals surface area contributed by atoms with Crippen molar-refractivity contribution in [3.05, 3.63) is 12.2 Å². The first kappa shape index (κ1) is 12.2. The van der Waals surface area contributed by atoms with Crippen molar-refractivity contribution < 1.29 is 4.79 Å². The van der Waals surface area contributed by atoms with Gasteiger partial charge in [0.2, 0.25) is 5.91 Å². The number of carbonyl (C=O) groups is 1. The molecule has 3 nitrogen and oxygen atoms in total. The summed E-state index contributed by atoms with van der Waals surface area (Å²) in [6.45, 7) is 4.99. The molecule has 3 rings (SSSR count). The summed E-state index contributed by atoms with van der Waals surface area (Å²) in [5.41, 5.74) is 0. The van der Waals surface area contributed by atoms with E-state index < -0.39 is 0 Å². The van der Waals surface area contributed by atoms with Gasteiger partial charge in [0.05, 0.1) is 0 Å². The largest absolute Gasteiger partial charge is 0.341 e. The lowest BCUT2D eigenvalue weighted by atomic mass is 9.92. The van der Waals surface area contributed by atoms with Gasteiger partial charge in [0, 0.05) is 25.0 Å². The number of hydrogen-bond acceptors (Lipinski definition) is 2. The molecular weight excluding hydrogens is 224 g/mol. The van der Waals surface area contributed by atoms with Crippen LogP contribution in [0.25, 0.3) is 0 Å². The quantitative estimate of drug-likeness (QED) is 0.769. The van der Waals surface area contributed by atoms with Crippen LogP contribution in [0, 0.1) is 17.8 Å². The first-order valence-electron chi connectivity index (χ1n) is 7.48. The number of amides is 1. The van der Waals surface area contributed by atoms with Crippen LogP contribution in [0.2, 0.25) is 0 Å². The van der Waals surface area contributed by atoms with Crippen molar-refractivity contribution in [3.8, 4) is 0 Å². The lowest BCUT2D eigenvalue weighted by Gasteiger charge is -2.29. The molecule has 1 amide bonds. The summed E-state index contributed by atoms with van der Waals surface area (Å²) < 4.78 is 0. The molecule has 4 atom stereocenters. The average molecular weight is 248 g/mol. The molecule has 0 aromatic rings. The van der Waals surface area contributed by atoms with Crippen LogP contribution in [-0.4, -0.2) is 36.5 Å². The Hall–Kier alpha value is -0.830. The number of rotatable bonds is 4. The molecule has 100 valence electrons. The lowest BCUT2D eigenvalue weighted by molar-refractivity contribution is -0.136. The summed E-state index contributed by atoms with van der Waals surface area (Å²) in [5, 5.41) is 3.49. The molecule has 0 radical (unpaired) electrons. The second-order valence-electron chi connectivity index (χ2n) is 6.06. The van der Waals surface area contributed by atoms with Crippen LogP contribution < -0.4 is 5.32 Å². The Kier molecular flexibility index (Phi) is 3.42. The molecule has 2 bridgehead atoms. The monoisotopic (exact) mass is 248 g/mol. The van der Waals surface area contributed by atoms with E-state index in [2.05, 4.69) is 29.3 Å². The number of likely N-dealkylation sites (N-methyl/N-ethyl adjacent to an activating group) is 1. The van der Waals surface area contributed by atoms with Gasteiger partial charge in [-0.1, -0.05) is 12.2 Å². The van der Waals surface area contributed by atoms with E-state index in [9.17, 15) is 4.79 Å². The highest BCUT2D eigenvalue weighted by Gasteiger charge is 2.41. The standard InChI is InChI=1S/C15H24N2O/c1-2-17(10-13-4-3-7-16-13)15(18)14-9-11-5-6-12(14)8-11/h5-6,11-14,16H,2-4,7-10H2,1H3. The van der Waals surface area contributed by atoms with Crippen molar-refractivity contribution in [2.45, 2.75) is 38.6 Å². The minimum absolute atomic E-state index is 0.279. The molecule has 0 spiro atoms. The number of fused-ring (bicyclic) bond motifs is 2. The van der Waals surface area contributed by atoms with E-state index in [-0.39, 0.29) is 5.92 Å². The third-order valence-corrected chi connectivity index (χ3v) is 4.89. The highest BCUT2D eigenvalue weighted by molar-refractivity contribution is 5.80. The molecule has 1 saturated carbocycles. The summed E-state index contributed by atoms with van der Waals surface area (Å²) in [7, 11) is 0. The van der Waals surface area contributed by atoms with E-state index in [1.807, 2.05) is 0 Å². The molecule has 2 aliphatic carbocycles. The second-order valence-corrected chi connectivity index (χ2v) is 6.06. The predicted molar refractivity (Wildman–Crippen MR) is 72.1 cm³/mol. The first-order valence-corrected chi connectivity index (χ1v) is 7.48. The predicted octanol–water partition coefficient (Wildman–Crippen LogP) is 1.80. The molecule has 2 fully saturated rings. The topological polar surface area (TPSA) is 32.3 Å². The Labute approximate surface area is 110 Å². The highest BCUT2D eigenvalue weighted by atomic mass is 16.2. The van der Waals surface area contributed by atoms with Gasteiger partial charge in [-0.2, -0.15) is 0 Å². The van der Waals surface area contributed by atoms with Crippen LogP contribution >= 0.6 is 0 Å². The summed E-state index contributed by atoms with van der Waals surface area (Å²) in [6, 6.07) is 0.531. The summed E-state index contributed by atoms with van der Waals surface area (Å²) >= 11 is 0. The Morgan fingerprint density at radius 2 is 2.28 bits per heavy atom. The second kappa shape index (κ2) is 5.04. The van der Waals surface area contributed by atoms with Crippen LogP contribution in [0.5, 0.6) is 0 Å². The minimum Gasteiger partial charge on any atom is -0.341 e. The maximum Gasteiger partial charge on any atom is 0.226 e. The zero-order valence-electron chi connectivity index (χ0n) is 11.3. The van der Waals surface area contributed by atoms with E-state index in [4.69, 9.17) is 0 Å². The maximum absolute atomic E-state index is 12.6. The van der Waals surface area contributed by atoms with Crippen molar-refractivity contribution in [2.24, 2.45) is 17.8 Å². The van der Waals surface area contributed by atoms with Gasteiger partial charge < -0.3 is 10.2 Å². The van der Waals surface area contributed by atoms with Gasteiger partial charge in [0.25, 0.3) is 0 Å². The van der Waals surface area contributed by atoms with Gasteiger partial charge >= 0.3 is 0 Å². The minimum atomic E-state index is 0.279. The number of carbonyl (C=O) groups excluding carboxylic acids is 1. The Morgan fingerprint density at radius 1 is 1.39 bits per heavy atom. The van der Waals surface area contributed by atoms with E-state index in [1.165, 1.54) is 19.3 Å². The van der Waals surface area contributed by atoms with Crippen LogP contribution in [0.4, 0.5) is 0 Å². The Bertz CT molecular complexity index is 346. The van der Waals surface area contributed by atoms with Crippen molar-refractivity contribution in [3.63, 3.8) is 0 Å². The molecule has 1 aliphatic heterocycles. The molecule has 4 unspecified atom stereocenters. The van der Waals surface area contributed by atoms with E-state index >= 15 is 0 Å². The van der Waals surface area contributed by atoms with E-state index in [1.54, 1.807) is 0 Å². The lowest BCUT2D eigenvalue weighted by Crippen LogP contribution is -2.44. The van der Waals surface area contributed by atoms with Gasteiger partial charge in [-0.05, 0) is 51.0 Å². The van der Waals surface area contributed by atoms with Gasteiger partial charge in [-0.25, -0.2) is 0 Å². The van der Waals surface area contributed by atoms with Crippen LogP contribution in [0.15, 0.2) is 12.2 Å². The SMILES string of the molecule is CCN(CC1CCCN1)C(=O)C1CC2C=CC1C2. The Morgan fingerprint density at radius 3 is 2.83 bits per heavy atom. The van der Waals surface area contributed by atoms with Crippen molar-refractivity contribution >= 4 is 5.91 Å². The number of allylic oxidation sites excluding steroid dienone is 2. The molecule has 0 aromatic heterocycles. The Balaban J connectivity index is 1.60. The number of nitrogens with zero attached hydrogens (tertiary/aromatic N) is 1. The number of hydrogen-bond donors (Lipinski definition) is 1. The van der Waals surface area contributed by atoms with Gasteiger partial charge in [0.15, 0.2) is 0 Å². The van der Waals surface area contributed by atoms with Crippen molar-refractivity contribution in [1.29, 1.82) is 0 Å². The van der Waals surface area contributed by atoms with Crippen LogP contribution in [0.1, 0.15) is 32.6 Å². The molecular formula is C15H24N2O. The molecule has 1 heterocycles. The molecule has 3 heteroatoms. The molecule has 0 aromatic carbocycles. The third-order valence-electron chi connectivity index (χ3n) is 4.89. The van der Waals surface area contributed by atoms with Crippen molar-refractivity contribution in [1.82, 2.24) is 10.2 Å². The fourth-order valence-corrected chi connectivity index (χ4v) is 3.85. The van der Waals surface area contributed by atoms with Gasteiger partial charge in [-0.15, -0.1) is 0 Å². The smallest absolute Gasteiger partial charge is 0.226 e. The third kappa shape index (κ3) is 2.20. The normalized spacial score (nSPS) is 37.4. The van der Waals surface area contributed by atoms with Crippen LogP contribution in [0.3, 0.4) is 0 Å². The molecule has 1 saturated heterocycles. The van der Waals surface area contributed by atoms with E-state index in [0.717, 1.165) is 26.1 Å². The average Bonchev–Trinajstić information content (AvgIpc) is 3.11. The summed E-state index contributed by atoms with van der Waals surface area (Å²) in [4.78, 5) is 14.7. The zero-order valence-corrected chi connectivity index (χ0v) is 11.3. The summed E-state index contributed by atoms with van der Waals surface area (Å²) in [5.74, 6) is 1.91. The maximum atomic E-state index is 12.6. The van der Waals surface area contributed by atoms with E-state index in [0.29, 0.717) is 23.8 Å². The zero-order chi connectivity index (χ0) is 12.5. The fourth-order valence-electron chi connectivity index (χ4n) is 3.85.